The largest absolute Gasteiger partial charge is 0.497 e. The lowest BCUT2D eigenvalue weighted by molar-refractivity contribution is 0.414. The normalized spacial score (nSPS) is 10.9. The Balaban J connectivity index is 2.18. The molecule has 0 saturated heterocycles. The summed E-state index contributed by atoms with van der Waals surface area (Å²) in [6.07, 6.45) is 1.85. The average Bonchev–Trinajstić information content (AvgIpc) is 2.72. The van der Waals surface area contributed by atoms with Gasteiger partial charge in [0.05, 0.1) is 19.9 Å². The van der Waals surface area contributed by atoms with Crippen LogP contribution in [0.5, 0.6) is 5.75 Å². The number of nitrogens with zero attached hydrogens (tertiary/aromatic N) is 2. The molecule has 2 rings (SSSR count). The zero-order valence-corrected chi connectivity index (χ0v) is 11.1. The monoisotopic (exact) mass is 245 g/mol. The number of anilines is 1. The predicted octanol–water partition coefficient (Wildman–Crippen LogP) is 2.65. The third-order valence-electron chi connectivity index (χ3n) is 3.02. The summed E-state index contributed by atoms with van der Waals surface area (Å²) >= 11 is 0. The fraction of sp³-hybridized carbons (Fsp3) is 0.357. The van der Waals surface area contributed by atoms with Crippen LogP contribution in [0.25, 0.3) is 0 Å². The zero-order valence-electron chi connectivity index (χ0n) is 11.1. The molecular formula is C14H19N3O. The van der Waals surface area contributed by atoms with Gasteiger partial charge in [-0.05, 0) is 23.6 Å². The molecule has 0 saturated carbocycles. The van der Waals surface area contributed by atoms with E-state index in [1.165, 1.54) is 0 Å². The van der Waals surface area contributed by atoms with Gasteiger partial charge in [0.15, 0.2) is 0 Å². The molecule has 0 unspecified atom stereocenters. The van der Waals surface area contributed by atoms with Crippen LogP contribution in [-0.2, 0) is 6.54 Å². The average molecular weight is 245 g/mol. The van der Waals surface area contributed by atoms with E-state index in [0.29, 0.717) is 12.5 Å². The van der Waals surface area contributed by atoms with E-state index in [4.69, 9.17) is 10.5 Å². The zero-order chi connectivity index (χ0) is 13.1. The lowest BCUT2D eigenvalue weighted by atomic mass is 10.1. The Morgan fingerprint density at radius 1 is 1.28 bits per heavy atom. The van der Waals surface area contributed by atoms with E-state index >= 15 is 0 Å². The molecule has 4 heteroatoms. The molecule has 18 heavy (non-hydrogen) atoms. The Kier molecular flexibility index (Phi) is 3.55. The number of ether oxygens (including phenoxy) is 1. The molecule has 1 aromatic heterocycles. The second kappa shape index (κ2) is 5.12. The first-order valence-corrected chi connectivity index (χ1v) is 6.06. The van der Waals surface area contributed by atoms with Gasteiger partial charge in [-0.15, -0.1) is 0 Å². The highest BCUT2D eigenvalue weighted by Gasteiger charge is 2.10. The van der Waals surface area contributed by atoms with Crippen molar-refractivity contribution in [2.45, 2.75) is 26.3 Å². The van der Waals surface area contributed by atoms with Crippen LogP contribution >= 0.6 is 0 Å². The number of aromatic nitrogens is 2. The van der Waals surface area contributed by atoms with Crippen LogP contribution in [0.4, 0.5) is 5.82 Å². The molecule has 4 nitrogen and oxygen atoms in total. The first-order valence-electron chi connectivity index (χ1n) is 6.06. The molecule has 0 aliphatic carbocycles. The SMILES string of the molecule is COc1ccc(Cn2ncc(C(C)C)c2N)cc1. The number of hydrogen-bond donors (Lipinski definition) is 1. The Labute approximate surface area is 107 Å². The van der Waals surface area contributed by atoms with Gasteiger partial charge in [0.2, 0.25) is 0 Å². The summed E-state index contributed by atoms with van der Waals surface area (Å²) < 4.78 is 6.96. The molecule has 1 heterocycles. The molecule has 96 valence electrons. The van der Waals surface area contributed by atoms with Crippen LogP contribution in [-0.4, -0.2) is 16.9 Å². The minimum absolute atomic E-state index is 0.398. The summed E-state index contributed by atoms with van der Waals surface area (Å²) in [6, 6.07) is 7.93. The molecule has 2 aromatic rings. The van der Waals surface area contributed by atoms with E-state index < -0.39 is 0 Å². The molecule has 0 aliphatic heterocycles. The van der Waals surface area contributed by atoms with Crippen LogP contribution < -0.4 is 10.5 Å². The van der Waals surface area contributed by atoms with E-state index in [2.05, 4.69) is 18.9 Å². The molecule has 0 spiro atoms. The van der Waals surface area contributed by atoms with Crippen molar-refractivity contribution in [3.05, 3.63) is 41.6 Å². The Morgan fingerprint density at radius 2 is 1.94 bits per heavy atom. The van der Waals surface area contributed by atoms with Crippen molar-refractivity contribution in [2.75, 3.05) is 12.8 Å². The van der Waals surface area contributed by atoms with Crippen molar-refractivity contribution >= 4 is 5.82 Å². The maximum absolute atomic E-state index is 6.08. The maximum Gasteiger partial charge on any atom is 0.125 e. The minimum Gasteiger partial charge on any atom is -0.497 e. The van der Waals surface area contributed by atoms with Crippen LogP contribution in [0.3, 0.4) is 0 Å². The topological polar surface area (TPSA) is 53.1 Å². The number of hydrogen-bond acceptors (Lipinski definition) is 3. The Morgan fingerprint density at radius 3 is 2.44 bits per heavy atom. The van der Waals surface area contributed by atoms with Gasteiger partial charge in [-0.3, -0.25) is 0 Å². The number of rotatable bonds is 4. The van der Waals surface area contributed by atoms with E-state index in [0.717, 1.165) is 22.7 Å². The van der Waals surface area contributed by atoms with Crippen molar-refractivity contribution in [1.29, 1.82) is 0 Å². The van der Waals surface area contributed by atoms with Crippen LogP contribution in [0.15, 0.2) is 30.5 Å². The molecule has 0 radical (unpaired) electrons. The van der Waals surface area contributed by atoms with Gasteiger partial charge in [0, 0.05) is 5.56 Å². The molecule has 0 aliphatic rings. The number of nitrogen functional groups attached to an aromatic ring is 1. The smallest absolute Gasteiger partial charge is 0.125 e. The second-order valence-electron chi connectivity index (χ2n) is 4.65. The third-order valence-corrected chi connectivity index (χ3v) is 3.02. The lowest BCUT2D eigenvalue weighted by Gasteiger charge is -2.07. The Hall–Kier alpha value is -1.97. The molecule has 0 fully saturated rings. The standard InChI is InChI=1S/C14H19N3O/c1-10(2)13-8-16-17(14(13)15)9-11-4-6-12(18-3)7-5-11/h4-8,10H,9,15H2,1-3H3. The minimum atomic E-state index is 0.398. The fourth-order valence-corrected chi connectivity index (χ4v) is 1.88. The van der Waals surface area contributed by atoms with E-state index in [1.807, 2.05) is 35.1 Å². The second-order valence-corrected chi connectivity index (χ2v) is 4.65. The van der Waals surface area contributed by atoms with Gasteiger partial charge in [-0.25, -0.2) is 4.68 Å². The van der Waals surface area contributed by atoms with E-state index in [9.17, 15) is 0 Å². The van der Waals surface area contributed by atoms with Gasteiger partial charge in [0.25, 0.3) is 0 Å². The van der Waals surface area contributed by atoms with Gasteiger partial charge >= 0.3 is 0 Å². The van der Waals surface area contributed by atoms with Crippen LogP contribution in [0, 0.1) is 0 Å². The van der Waals surface area contributed by atoms with Crippen molar-refractivity contribution in [2.24, 2.45) is 0 Å². The highest BCUT2D eigenvalue weighted by atomic mass is 16.5. The molecule has 2 N–H and O–H groups in total. The number of methoxy groups -OCH3 is 1. The van der Waals surface area contributed by atoms with Gasteiger partial charge in [-0.2, -0.15) is 5.10 Å². The quantitative estimate of drug-likeness (QED) is 0.901. The molecular weight excluding hydrogens is 226 g/mol. The summed E-state index contributed by atoms with van der Waals surface area (Å²) in [7, 11) is 1.66. The summed E-state index contributed by atoms with van der Waals surface area (Å²) in [5.74, 6) is 2.01. The first-order chi connectivity index (χ1) is 8.61. The lowest BCUT2D eigenvalue weighted by Crippen LogP contribution is -2.07. The summed E-state index contributed by atoms with van der Waals surface area (Å²) in [5, 5.41) is 4.34. The third kappa shape index (κ3) is 2.47. The summed E-state index contributed by atoms with van der Waals surface area (Å²) in [5.41, 5.74) is 8.34. The van der Waals surface area contributed by atoms with Gasteiger partial charge in [0.1, 0.15) is 11.6 Å². The first kappa shape index (κ1) is 12.5. The van der Waals surface area contributed by atoms with Crippen molar-refractivity contribution in [3.63, 3.8) is 0 Å². The summed E-state index contributed by atoms with van der Waals surface area (Å²) in [6.45, 7) is 4.92. The highest BCUT2D eigenvalue weighted by molar-refractivity contribution is 5.41. The van der Waals surface area contributed by atoms with Gasteiger partial charge in [-0.1, -0.05) is 26.0 Å². The number of nitrogens with two attached hydrogens (primary N) is 1. The van der Waals surface area contributed by atoms with Crippen molar-refractivity contribution < 1.29 is 4.74 Å². The Bertz CT molecular complexity index is 514. The van der Waals surface area contributed by atoms with E-state index in [-0.39, 0.29) is 0 Å². The molecule has 0 atom stereocenters. The van der Waals surface area contributed by atoms with Crippen LogP contribution in [0.2, 0.25) is 0 Å². The van der Waals surface area contributed by atoms with Crippen molar-refractivity contribution in [1.82, 2.24) is 9.78 Å². The fourth-order valence-electron chi connectivity index (χ4n) is 1.88. The molecule has 0 amide bonds. The predicted molar refractivity (Wildman–Crippen MR) is 72.8 cm³/mol. The molecule has 1 aromatic carbocycles. The van der Waals surface area contributed by atoms with Crippen LogP contribution in [0.1, 0.15) is 30.9 Å². The summed E-state index contributed by atoms with van der Waals surface area (Å²) in [4.78, 5) is 0. The van der Waals surface area contributed by atoms with Crippen molar-refractivity contribution in [3.8, 4) is 5.75 Å². The molecule has 0 bridgehead atoms. The maximum atomic E-state index is 6.08. The van der Waals surface area contributed by atoms with Gasteiger partial charge < -0.3 is 10.5 Å². The van der Waals surface area contributed by atoms with E-state index in [1.54, 1.807) is 7.11 Å². The highest BCUT2D eigenvalue weighted by Crippen LogP contribution is 2.22. The number of benzene rings is 1.